The van der Waals surface area contributed by atoms with Gasteiger partial charge in [0.05, 0.1) is 11.8 Å². The molecular weight excluding hydrogens is 715 g/mol. The lowest BCUT2D eigenvalue weighted by Crippen LogP contribution is -2.30. The van der Waals surface area contributed by atoms with Gasteiger partial charge < -0.3 is 20.4 Å². The van der Waals surface area contributed by atoms with Crippen molar-refractivity contribution >= 4 is 57.6 Å². The maximum Gasteiger partial charge on any atom is 0.272 e. The number of nitriles is 1. The van der Waals surface area contributed by atoms with Gasteiger partial charge in [0, 0.05) is 46.7 Å². The average Bonchev–Trinajstić information content (AvgIpc) is 3.84. The van der Waals surface area contributed by atoms with Crippen LogP contribution in [0.5, 0.6) is 0 Å². The number of rotatable bonds is 12. The summed E-state index contributed by atoms with van der Waals surface area (Å²) in [6.07, 6.45) is 3.68. The van der Waals surface area contributed by atoms with Gasteiger partial charge in [-0.1, -0.05) is 84.9 Å². The van der Waals surface area contributed by atoms with Gasteiger partial charge in [0.1, 0.15) is 27.8 Å². The Labute approximate surface area is 321 Å². The first-order valence-corrected chi connectivity index (χ1v) is 19.0. The SMILES string of the molecule is N#Cc1c(NC(=O)C(Sc2cccc(NC(=O)/C(=C/c3ccco3)NC(=O)c3ccccc3)c2)c2ccccc2)sc2c1CCN(Cc1ccccc1)C2. The van der Waals surface area contributed by atoms with Crippen LogP contribution >= 0.6 is 23.1 Å². The molecule has 4 aromatic carbocycles. The summed E-state index contributed by atoms with van der Waals surface area (Å²) in [5.74, 6) is -0.863. The van der Waals surface area contributed by atoms with E-state index < -0.39 is 17.1 Å². The topological polar surface area (TPSA) is 127 Å². The van der Waals surface area contributed by atoms with Crippen molar-refractivity contribution in [3.8, 4) is 6.07 Å². The van der Waals surface area contributed by atoms with Gasteiger partial charge in [-0.15, -0.1) is 23.1 Å². The number of nitrogens with zero attached hydrogens (tertiary/aromatic N) is 2. The molecule has 11 heteroatoms. The highest BCUT2D eigenvalue weighted by Crippen LogP contribution is 2.41. The van der Waals surface area contributed by atoms with E-state index >= 15 is 0 Å². The van der Waals surface area contributed by atoms with Gasteiger partial charge in [-0.2, -0.15) is 5.26 Å². The highest BCUT2D eigenvalue weighted by atomic mass is 32.2. The maximum atomic E-state index is 14.2. The summed E-state index contributed by atoms with van der Waals surface area (Å²) in [6, 6.07) is 41.3. The first-order valence-electron chi connectivity index (χ1n) is 17.3. The first kappa shape index (κ1) is 36.2. The van der Waals surface area contributed by atoms with E-state index in [0.29, 0.717) is 34.1 Å². The number of hydrogen-bond acceptors (Lipinski definition) is 8. The van der Waals surface area contributed by atoms with Gasteiger partial charge >= 0.3 is 0 Å². The molecule has 3 N–H and O–H groups in total. The monoisotopic (exact) mass is 749 g/mol. The quantitative estimate of drug-likeness (QED) is 0.0845. The Bertz CT molecular complexity index is 2320. The second-order valence-corrected chi connectivity index (χ2v) is 14.8. The second kappa shape index (κ2) is 17.1. The summed E-state index contributed by atoms with van der Waals surface area (Å²) in [4.78, 5) is 44.9. The Balaban J connectivity index is 1.08. The fourth-order valence-corrected chi connectivity index (χ4v) is 8.48. The van der Waals surface area contributed by atoms with Crippen LogP contribution in [0.25, 0.3) is 6.08 Å². The third kappa shape index (κ3) is 8.87. The summed E-state index contributed by atoms with van der Waals surface area (Å²) in [7, 11) is 0. The Kier molecular flexibility index (Phi) is 11.5. The van der Waals surface area contributed by atoms with Gasteiger partial charge in [0.25, 0.3) is 11.8 Å². The number of amides is 3. The molecule has 54 heavy (non-hydrogen) atoms. The van der Waals surface area contributed by atoms with Crippen LogP contribution in [0, 0.1) is 11.3 Å². The fraction of sp³-hybridized carbons (Fsp3) is 0.116. The van der Waals surface area contributed by atoms with E-state index in [4.69, 9.17) is 4.42 Å². The Morgan fingerprint density at radius 3 is 2.35 bits per heavy atom. The summed E-state index contributed by atoms with van der Waals surface area (Å²) in [5, 5.41) is 18.8. The van der Waals surface area contributed by atoms with Crippen LogP contribution in [0.1, 0.15) is 48.5 Å². The van der Waals surface area contributed by atoms with Gasteiger partial charge in [-0.3, -0.25) is 19.3 Å². The molecule has 0 bridgehead atoms. The number of carbonyl (C=O) groups excluding carboxylic acids is 3. The molecule has 0 spiro atoms. The Hall–Kier alpha value is -6.19. The molecule has 6 aromatic rings. The van der Waals surface area contributed by atoms with Crippen LogP contribution in [0.2, 0.25) is 0 Å². The summed E-state index contributed by atoms with van der Waals surface area (Å²) in [5.41, 5.74) is 4.42. The zero-order valence-corrected chi connectivity index (χ0v) is 30.7. The lowest BCUT2D eigenvalue weighted by Gasteiger charge is -2.26. The molecule has 7 rings (SSSR count). The lowest BCUT2D eigenvalue weighted by molar-refractivity contribution is -0.116. The average molecular weight is 750 g/mol. The summed E-state index contributed by atoms with van der Waals surface area (Å²) in [6.45, 7) is 2.36. The molecule has 0 saturated carbocycles. The Morgan fingerprint density at radius 2 is 1.63 bits per heavy atom. The number of thioether (sulfide) groups is 1. The molecule has 0 fully saturated rings. The largest absolute Gasteiger partial charge is 0.465 e. The van der Waals surface area contributed by atoms with E-state index in [1.54, 1.807) is 60.7 Å². The molecule has 1 atom stereocenters. The van der Waals surface area contributed by atoms with Crippen molar-refractivity contribution in [3.63, 3.8) is 0 Å². The lowest BCUT2D eigenvalue weighted by atomic mass is 10.0. The van der Waals surface area contributed by atoms with Gasteiger partial charge in [0.2, 0.25) is 5.91 Å². The molecule has 268 valence electrons. The van der Waals surface area contributed by atoms with Crippen molar-refractivity contribution in [3.05, 3.63) is 178 Å². The molecule has 0 saturated heterocycles. The summed E-state index contributed by atoms with van der Waals surface area (Å²) < 4.78 is 5.42. The van der Waals surface area contributed by atoms with Crippen molar-refractivity contribution in [1.29, 1.82) is 5.26 Å². The number of thiophene rings is 1. The molecule has 3 heterocycles. The highest BCUT2D eigenvalue weighted by molar-refractivity contribution is 8.00. The van der Waals surface area contributed by atoms with Gasteiger partial charge in [-0.05, 0) is 65.6 Å². The first-order chi connectivity index (χ1) is 26.4. The molecular formula is C43H35N5O4S2. The molecule has 0 aliphatic carbocycles. The maximum absolute atomic E-state index is 14.2. The molecule has 1 unspecified atom stereocenters. The molecule has 1 aliphatic heterocycles. The van der Waals surface area contributed by atoms with Crippen LogP contribution < -0.4 is 16.0 Å². The number of fused-ring (bicyclic) bond motifs is 1. The Morgan fingerprint density at radius 1 is 0.889 bits per heavy atom. The minimum atomic E-state index is -0.669. The predicted octanol–water partition coefficient (Wildman–Crippen LogP) is 8.65. The van der Waals surface area contributed by atoms with Crippen molar-refractivity contribution in [2.45, 2.75) is 29.7 Å². The van der Waals surface area contributed by atoms with E-state index in [1.807, 2.05) is 54.6 Å². The molecule has 9 nitrogen and oxygen atoms in total. The summed E-state index contributed by atoms with van der Waals surface area (Å²) >= 11 is 2.80. The molecule has 1 aliphatic rings. The molecule has 2 aromatic heterocycles. The zero-order valence-electron chi connectivity index (χ0n) is 29.0. The van der Waals surface area contributed by atoms with Crippen LogP contribution in [0.15, 0.2) is 149 Å². The fourth-order valence-electron chi connectivity index (χ4n) is 6.16. The highest BCUT2D eigenvalue weighted by Gasteiger charge is 2.28. The third-order valence-electron chi connectivity index (χ3n) is 8.78. The van der Waals surface area contributed by atoms with E-state index in [9.17, 15) is 19.6 Å². The number of hydrogen-bond donors (Lipinski definition) is 3. The minimum Gasteiger partial charge on any atom is -0.465 e. The van der Waals surface area contributed by atoms with E-state index in [2.05, 4.69) is 39.1 Å². The third-order valence-corrected chi connectivity index (χ3v) is 11.2. The van der Waals surface area contributed by atoms with Crippen LogP contribution in [-0.2, 0) is 29.1 Å². The van der Waals surface area contributed by atoms with E-state index in [0.717, 1.165) is 40.4 Å². The number of benzene rings is 4. The van der Waals surface area contributed by atoms with Gasteiger partial charge in [-0.25, -0.2) is 0 Å². The van der Waals surface area contributed by atoms with Crippen LogP contribution in [-0.4, -0.2) is 29.2 Å². The van der Waals surface area contributed by atoms with E-state index in [-0.39, 0.29) is 11.6 Å². The van der Waals surface area contributed by atoms with Crippen LogP contribution in [0.4, 0.5) is 10.7 Å². The zero-order chi connectivity index (χ0) is 37.3. The van der Waals surface area contributed by atoms with Crippen molar-refractivity contribution < 1.29 is 18.8 Å². The van der Waals surface area contributed by atoms with Crippen molar-refractivity contribution in [2.24, 2.45) is 0 Å². The second-order valence-electron chi connectivity index (χ2n) is 12.5. The predicted molar refractivity (Wildman–Crippen MR) is 213 cm³/mol. The van der Waals surface area contributed by atoms with E-state index in [1.165, 1.54) is 41.0 Å². The van der Waals surface area contributed by atoms with Gasteiger partial charge in [0.15, 0.2) is 0 Å². The number of carbonyl (C=O) groups is 3. The standard InChI is InChI=1S/C43H35N5O4S2/c44-26-36-35-21-22-48(27-29-12-4-1-5-13-29)28-38(35)54-43(36)47-42(51)39(30-14-6-2-7-15-30)53-34-20-10-18-32(24-34)45-41(50)37(25-33-19-11-23-52-33)46-40(49)31-16-8-3-9-17-31/h1-20,23-25,39H,21-22,27-28H2,(H,45,50)(H,46,49)(H,47,51)/b37-25-. The number of anilines is 2. The van der Waals surface area contributed by atoms with Crippen molar-refractivity contribution in [2.75, 3.05) is 17.2 Å². The normalized spacial score (nSPS) is 13.3. The molecule has 3 amide bonds. The van der Waals surface area contributed by atoms with Crippen LogP contribution in [0.3, 0.4) is 0 Å². The van der Waals surface area contributed by atoms with Crippen molar-refractivity contribution in [1.82, 2.24) is 10.2 Å². The minimum absolute atomic E-state index is 0.00599. The number of furan rings is 1. The number of nitrogens with one attached hydrogen (secondary N) is 3. The smallest absolute Gasteiger partial charge is 0.272 e. The molecule has 0 radical (unpaired) electrons.